The minimum Gasteiger partial charge on any atom is -0.445 e. The first-order chi connectivity index (χ1) is 5.74. The van der Waals surface area contributed by atoms with Gasteiger partial charge in [-0.2, -0.15) is 0 Å². The zero-order valence-electron chi connectivity index (χ0n) is 6.95. The summed E-state index contributed by atoms with van der Waals surface area (Å²) < 4.78 is 4.72. The lowest BCUT2D eigenvalue weighted by molar-refractivity contribution is 0.144. The molecule has 1 aliphatic rings. The van der Waals surface area contributed by atoms with Crippen molar-refractivity contribution in [3.63, 3.8) is 0 Å². The second-order valence-electron chi connectivity index (χ2n) is 2.88. The summed E-state index contributed by atoms with van der Waals surface area (Å²) in [5.74, 6) is 0. The third-order valence-corrected chi connectivity index (χ3v) is 1.96. The SMILES string of the molecule is C=CCOC(=O)NC1CCC1N. The number of carbonyl (C=O) groups excluding carboxylic acids is 1. The van der Waals surface area contributed by atoms with Gasteiger partial charge in [0.05, 0.1) is 0 Å². The summed E-state index contributed by atoms with van der Waals surface area (Å²) >= 11 is 0. The number of nitrogens with two attached hydrogens (primary N) is 1. The molecule has 1 saturated carbocycles. The number of ether oxygens (including phenoxy) is 1. The van der Waals surface area contributed by atoms with E-state index in [1.54, 1.807) is 0 Å². The Kier molecular flexibility index (Phi) is 3.10. The average molecular weight is 170 g/mol. The van der Waals surface area contributed by atoms with Crippen LogP contribution in [0.3, 0.4) is 0 Å². The first-order valence-corrected chi connectivity index (χ1v) is 4.04. The summed E-state index contributed by atoms with van der Waals surface area (Å²) in [6.07, 6.45) is 3.05. The van der Waals surface area contributed by atoms with Crippen LogP contribution in [0.2, 0.25) is 0 Å². The van der Waals surface area contributed by atoms with Crippen molar-refractivity contribution >= 4 is 6.09 Å². The molecule has 1 aliphatic carbocycles. The molecule has 68 valence electrons. The first kappa shape index (κ1) is 9.06. The van der Waals surface area contributed by atoms with E-state index >= 15 is 0 Å². The molecule has 4 heteroatoms. The van der Waals surface area contributed by atoms with Gasteiger partial charge in [-0.15, -0.1) is 0 Å². The van der Waals surface area contributed by atoms with Gasteiger partial charge >= 0.3 is 6.09 Å². The number of nitrogens with one attached hydrogen (secondary N) is 1. The fourth-order valence-corrected chi connectivity index (χ4v) is 1.03. The van der Waals surface area contributed by atoms with E-state index in [0.717, 1.165) is 12.8 Å². The largest absolute Gasteiger partial charge is 0.445 e. The van der Waals surface area contributed by atoms with Crippen LogP contribution in [0, 0.1) is 0 Å². The first-order valence-electron chi connectivity index (χ1n) is 4.04. The number of carbonyl (C=O) groups is 1. The molecule has 0 saturated heterocycles. The zero-order valence-corrected chi connectivity index (χ0v) is 6.95. The smallest absolute Gasteiger partial charge is 0.407 e. The van der Waals surface area contributed by atoms with Crippen LogP contribution in [-0.2, 0) is 4.74 Å². The Labute approximate surface area is 71.8 Å². The van der Waals surface area contributed by atoms with Crippen LogP contribution < -0.4 is 11.1 Å². The van der Waals surface area contributed by atoms with Gasteiger partial charge in [0, 0.05) is 12.1 Å². The average Bonchev–Trinajstić information content (AvgIpc) is 2.08. The highest BCUT2D eigenvalue weighted by molar-refractivity contribution is 5.67. The molecule has 4 nitrogen and oxygen atoms in total. The molecule has 0 radical (unpaired) electrons. The molecule has 3 N–H and O–H groups in total. The quantitative estimate of drug-likeness (QED) is 0.602. The monoisotopic (exact) mass is 170 g/mol. The molecular weight excluding hydrogens is 156 g/mol. The Hall–Kier alpha value is -1.03. The third-order valence-electron chi connectivity index (χ3n) is 1.96. The molecule has 0 aromatic heterocycles. The highest BCUT2D eigenvalue weighted by Gasteiger charge is 2.28. The Bertz CT molecular complexity index is 182. The van der Waals surface area contributed by atoms with E-state index in [9.17, 15) is 4.79 Å². The Morgan fingerprint density at radius 2 is 2.50 bits per heavy atom. The standard InChI is InChI=1S/C8H14N2O2/c1-2-5-12-8(11)10-7-4-3-6(7)9/h2,6-7H,1,3-5,9H2,(H,10,11). The van der Waals surface area contributed by atoms with Gasteiger partial charge in [0.1, 0.15) is 6.61 Å². The van der Waals surface area contributed by atoms with E-state index in [1.807, 2.05) is 0 Å². The van der Waals surface area contributed by atoms with Crippen molar-refractivity contribution in [3.05, 3.63) is 12.7 Å². The van der Waals surface area contributed by atoms with Crippen LogP contribution >= 0.6 is 0 Å². The number of rotatable bonds is 3. The van der Waals surface area contributed by atoms with Gasteiger partial charge in [-0.25, -0.2) is 4.79 Å². The molecule has 12 heavy (non-hydrogen) atoms. The summed E-state index contributed by atoms with van der Waals surface area (Å²) in [6.45, 7) is 3.68. The van der Waals surface area contributed by atoms with Crippen LogP contribution in [0.5, 0.6) is 0 Å². The van der Waals surface area contributed by atoms with Crippen molar-refractivity contribution in [2.75, 3.05) is 6.61 Å². The van der Waals surface area contributed by atoms with Crippen LogP contribution in [0.1, 0.15) is 12.8 Å². The van der Waals surface area contributed by atoms with Crippen molar-refractivity contribution in [3.8, 4) is 0 Å². The maximum atomic E-state index is 10.9. The van der Waals surface area contributed by atoms with Gasteiger partial charge in [-0.1, -0.05) is 12.7 Å². The zero-order chi connectivity index (χ0) is 8.97. The van der Waals surface area contributed by atoms with Gasteiger partial charge in [0.15, 0.2) is 0 Å². The van der Waals surface area contributed by atoms with E-state index in [-0.39, 0.29) is 18.7 Å². The minimum atomic E-state index is -0.407. The molecule has 1 amide bonds. The lowest BCUT2D eigenvalue weighted by atomic mass is 9.87. The highest BCUT2D eigenvalue weighted by Crippen LogP contribution is 2.17. The molecule has 0 spiro atoms. The fraction of sp³-hybridized carbons (Fsp3) is 0.625. The Morgan fingerprint density at radius 3 is 2.92 bits per heavy atom. The summed E-state index contributed by atoms with van der Waals surface area (Å²) in [6, 6.07) is 0.198. The van der Waals surface area contributed by atoms with Crippen molar-refractivity contribution in [2.45, 2.75) is 24.9 Å². The number of hydrogen-bond donors (Lipinski definition) is 2. The molecule has 0 aromatic rings. The van der Waals surface area contributed by atoms with Gasteiger partial charge in [-0.3, -0.25) is 0 Å². The Morgan fingerprint density at radius 1 is 1.75 bits per heavy atom. The second kappa shape index (κ2) is 4.11. The molecule has 0 bridgehead atoms. The van der Waals surface area contributed by atoms with Crippen LogP contribution in [-0.4, -0.2) is 24.8 Å². The Balaban J connectivity index is 2.13. The second-order valence-corrected chi connectivity index (χ2v) is 2.88. The van der Waals surface area contributed by atoms with E-state index < -0.39 is 6.09 Å². The van der Waals surface area contributed by atoms with E-state index in [0.29, 0.717) is 0 Å². The van der Waals surface area contributed by atoms with Gasteiger partial charge in [-0.05, 0) is 12.8 Å². The number of hydrogen-bond acceptors (Lipinski definition) is 3. The summed E-state index contributed by atoms with van der Waals surface area (Å²) in [7, 11) is 0. The van der Waals surface area contributed by atoms with E-state index in [2.05, 4.69) is 11.9 Å². The summed E-state index contributed by atoms with van der Waals surface area (Å²) in [5.41, 5.74) is 5.61. The topological polar surface area (TPSA) is 64.3 Å². The van der Waals surface area contributed by atoms with Crippen molar-refractivity contribution in [1.82, 2.24) is 5.32 Å². The minimum absolute atomic E-state index is 0.0984. The van der Waals surface area contributed by atoms with E-state index in [4.69, 9.17) is 10.5 Å². The predicted molar refractivity (Wildman–Crippen MR) is 45.7 cm³/mol. The molecule has 1 rings (SSSR count). The molecular formula is C8H14N2O2. The molecule has 0 heterocycles. The van der Waals surface area contributed by atoms with Gasteiger partial charge in [0.2, 0.25) is 0 Å². The molecule has 2 unspecified atom stereocenters. The highest BCUT2D eigenvalue weighted by atomic mass is 16.5. The van der Waals surface area contributed by atoms with Gasteiger partial charge < -0.3 is 15.8 Å². The maximum Gasteiger partial charge on any atom is 0.407 e. The normalized spacial score (nSPS) is 27.1. The molecule has 1 fully saturated rings. The summed E-state index contributed by atoms with van der Waals surface area (Å²) in [4.78, 5) is 10.9. The molecule has 0 aromatic carbocycles. The lowest BCUT2D eigenvalue weighted by Gasteiger charge is -2.33. The van der Waals surface area contributed by atoms with Crippen LogP contribution in [0.15, 0.2) is 12.7 Å². The van der Waals surface area contributed by atoms with Crippen LogP contribution in [0.25, 0.3) is 0 Å². The lowest BCUT2D eigenvalue weighted by Crippen LogP contribution is -2.54. The fourth-order valence-electron chi connectivity index (χ4n) is 1.03. The third kappa shape index (κ3) is 2.23. The number of amides is 1. The molecule has 0 aliphatic heterocycles. The van der Waals surface area contributed by atoms with Crippen molar-refractivity contribution < 1.29 is 9.53 Å². The van der Waals surface area contributed by atoms with Crippen LogP contribution in [0.4, 0.5) is 4.79 Å². The van der Waals surface area contributed by atoms with Gasteiger partial charge in [0.25, 0.3) is 0 Å². The molecule has 2 atom stereocenters. The maximum absolute atomic E-state index is 10.9. The van der Waals surface area contributed by atoms with Crippen molar-refractivity contribution in [2.24, 2.45) is 5.73 Å². The summed E-state index contributed by atoms with van der Waals surface area (Å²) in [5, 5.41) is 2.67. The van der Waals surface area contributed by atoms with E-state index in [1.165, 1.54) is 6.08 Å². The number of alkyl carbamates (subject to hydrolysis) is 1. The predicted octanol–water partition coefficient (Wildman–Crippen LogP) is 0.388. The van der Waals surface area contributed by atoms with Crippen molar-refractivity contribution in [1.29, 1.82) is 0 Å².